The normalized spacial score (nSPS) is 17.6. The third-order valence-electron chi connectivity index (χ3n) is 4.59. The monoisotopic (exact) mass is 358 g/mol. The average molecular weight is 358 g/mol. The first-order valence-electron chi connectivity index (χ1n) is 8.74. The number of nitrogens with two attached hydrogens (primary N) is 1. The molecule has 0 saturated carbocycles. The number of aryl methyl sites for hydroxylation is 2. The number of hydrogen-bond donors (Lipinski definition) is 2. The number of ether oxygens (including phenoxy) is 1. The molecule has 2 aromatic heterocycles. The number of pyridine rings is 1. The molecule has 2 aromatic rings. The maximum absolute atomic E-state index is 11.5. The first kappa shape index (κ1) is 18.3. The predicted octanol–water partition coefficient (Wildman–Crippen LogP) is 0.595. The summed E-state index contributed by atoms with van der Waals surface area (Å²) in [6, 6.07) is 4.27. The molecule has 1 saturated heterocycles. The summed E-state index contributed by atoms with van der Waals surface area (Å²) in [7, 11) is 3.47. The van der Waals surface area contributed by atoms with E-state index < -0.39 is 5.91 Å². The van der Waals surface area contributed by atoms with Crippen molar-refractivity contribution in [1.29, 1.82) is 0 Å². The molecule has 3 N–H and O–H groups in total. The van der Waals surface area contributed by atoms with Gasteiger partial charge in [0.05, 0.1) is 12.8 Å². The molecule has 8 heteroatoms. The van der Waals surface area contributed by atoms with Crippen molar-refractivity contribution in [2.45, 2.75) is 32.5 Å². The average Bonchev–Trinajstić information content (AvgIpc) is 3.19. The van der Waals surface area contributed by atoms with Gasteiger partial charge in [-0.1, -0.05) is 0 Å². The number of nitrogens with one attached hydrogen (secondary N) is 1. The van der Waals surface area contributed by atoms with Gasteiger partial charge in [0.2, 0.25) is 0 Å². The third-order valence-corrected chi connectivity index (χ3v) is 4.59. The summed E-state index contributed by atoms with van der Waals surface area (Å²) in [6.07, 6.45) is 2.92. The summed E-state index contributed by atoms with van der Waals surface area (Å²) in [4.78, 5) is 18.4. The van der Waals surface area contributed by atoms with E-state index in [1.54, 1.807) is 18.8 Å². The minimum atomic E-state index is -0.478. The molecule has 0 bridgehead atoms. The fourth-order valence-corrected chi connectivity index (χ4v) is 3.40. The van der Waals surface area contributed by atoms with Crippen molar-refractivity contribution in [3.63, 3.8) is 0 Å². The summed E-state index contributed by atoms with van der Waals surface area (Å²) in [5.74, 6) is 0.354. The van der Waals surface area contributed by atoms with Crippen LogP contribution in [0.2, 0.25) is 0 Å². The number of methoxy groups -OCH3 is 1. The Kier molecular flexibility index (Phi) is 5.53. The van der Waals surface area contributed by atoms with Gasteiger partial charge in [-0.15, -0.1) is 0 Å². The van der Waals surface area contributed by atoms with E-state index in [2.05, 4.69) is 20.3 Å². The van der Waals surface area contributed by atoms with Gasteiger partial charge in [0, 0.05) is 68.9 Å². The van der Waals surface area contributed by atoms with Gasteiger partial charge in [-0.05, 0) is 13.3 Å². The lowest BCUT2D eigenvalue weighted by Crippen LogP contribution is -2.32. The highest BCUT2D eigenvalue weighted by Crippen LogP contribution is 2.17. The zero-order valence-corrected chi connectivity index (χ0v) is 15.5. The van der Waals surface area contributed by atoms with Crippen LogP contribution in [-0.4, -0.2) is 51.8 Å². The number of carbonyl (C=O) groups is 1. The van der Waals surface area contributed by atoms with Gasteiger partial charge in [-0.25, -0.2) is 0 Å². The number of carbonyl (C=O) groups excluding carboxylic acids is 1. The molecule has 0 radical (unpaired) electrons. The van der Waals surface area contributed by atoms with E-state index in [9.17, 15) is 4.79 Å². The lowest BCUT2D eigenvalue weighted by molar-refractivity contribution is 0.0993. The van der Waals surface area contributed by atoms with Gasteiger partial charge >= 0.3 is 0 Å². The van der Waals surface area contributed by atoms with Crippen molar-refractivity contribution in [3.8, 4) is 5.75 Å². The van der Waals surface area contributed by atoms with Gasteiger partial charge in [0.15, 0.2) is 5.69 Å². The van der Waals surface area contributed by atoms with E-state index in [-0.39, 0.29) is 0 Å². The minimum Gasteiger partial charge on any atom is -0.497 e. The Morgan fingerprint density at radius 3 is 3.00 bits per heavy atom. The molecule has 0 aromatic carbocycles. The summed E-state index contributed by atoms with van der Waals surface area (Å²) in [5, 5.41) is 7.71. The molecule has 8 nitrogen and oxygen atoms in total. The summed E-state index contributed by atoms with van der Waals surface area (Å²) < 4.78 is 6.94. The zero-order chi connectivity index (χ0) is 18.7. The third kappa shape index (κ3) is 4.39. The van der Waals surface area contributed by atoms with Crippen molar-refractivity contribution in [2.75, 3.05) is 20.2 Å². The van der Waals surface area contributed by atoms with Gasteiger partial charge in [-0.2, -0.15) is 5.10 Å². The molecule has 1 atom stereocenters. The molecule has 1 amide bonds. The Labute approximate surface area is 153 Å². The molecule has 1 fully saturated rings. The van der Waals surface area contributed by atoms with Crippen LogP contribution in [0.1, 0.15) is 33.9 Å². The number of rotatable bonds is 7. The van der Waals surface area contributed by atoms with Crippen LogP contribution < -0.4 is 15.8 Å². The topological polar surface area (TPSA) is 98.3 Å². The smallest absolute Gasteiger partial charge is 0.269 e. The SMILES string of the molecule is COc1cc(C)nc(CNC2CCN(Cc3cn(C)nc3C(N)=O)C2)c1. The molecule has 1 aliphatic rings. The molecule has 26 heavy (non-hydrogen) atoms. The second kappa shape index (κ2) is 7.84. The van der Waals surface area contributed by atoms with Crippen LogP contribution in [0.3, 0.4) is 0 Å². The van der Waals surface area contributed by atoms with Gasteiger partial charge < -0.3 is 15.8 Å². The van der Waals surface area contributed by atoms with Gasteiger partial charge in [0.1, 0.15) is 5.75 Å². The highest BCUT2D eigenvalue weighted by Gasteiger charge is 2.24. The predicted molar refractivity (Wildman–Crippen MR) is 97.8 cm³/mol. The number of primary amides is 1. The summed E-state index contributed by atoms with van der Waals surface area (Å²) >= 11 is 0. The van der Waals surface area contributed by atoms with E-state index in [0.29, 0.717) is 24.8 Å². The van der Waals surface area contributed by atoms with Crippen LogP contribution in [0, 0.1) is 6.92 Å². The van der Waals surface area contributed by atoms with E-state index in [4.69, 9.17) is 10.5 Å². The number of aromatic nitrogens is 3. The highest BCUT2D eigenvalue weighted by molar-refractivity contribution is 5.92. The Balaban J connectivity index is 1.54. The first-order chi connectivity index (χ1) is 12.4. The van der Waals surface area contributed by atoms with Gasteiger partial charge in [-0.3, -0.25) is 19.4 Å². The lowest BCUT2D eigenvalue weighted by atomic mass is 10.2. The largest absolute Gasteiger partial charge is 0.497 e. The Morgan fingerprint density at radius 2 is 2.27 bits per heavy atom. The second-order valence-electron chi connectivity index (χ2n) is 6.78. The molecule has 1 unspecified atom stereocenters. The summed E-state index contributed by atoms with van der Waals surface area (Å²) in [6.45, 7) is 5.23. The van der Waals surface area contributed by atoms with E-state index in [0.717, 1.165) is 42.2 Å². The van der Waals surface area contributed by atoms with E-state index in [1.807, 2.05) is 25.3 Å². The quantitative estimate of drug-likeness (QED) is 0.752. The van der Waals surface area contributed by atoms with Crippen LogP contribution in [0.4, 0.5) is 0 Å². The number of hydrogen-bond acceptors (Lipinski definition) is 6. The molecule has 0 spiro atoms. The fraction of sp³-hybridized carbons (Fsp3) is 0.500. The molecule has 3 heterocycles. The van der Waals surface area contributed by atoms with E-state index >= 15 is 0 Å². The Bertz CT molecular complexity index is 788. The molecule has 1 aliphatic heterocycles. The van der Waals surface area contributed by atoms with Crippen molar-refractivity contribution < 1.29 is 9.53 Å². The summed E-state index contributed by atoms with van der Waals surface area (Å²) in [5.41, 5.74) is 8.58. The van der Waals surface area contributed by atoms with E-state index in [1.165, 1.54) is 0 Å². The second-order valence-corrected chi connectivity index (χ2v) is 6.78. The minimum absolute atomic E-state index is 0.361. The highest BCUT2D eigenvalue weighted by atomic mass is 16.5. The standard InChI is InChI=1S/C18H26N6O2/c1-12-6-16(26-3)7-15(21-12)8-20-14-4-5-24(11-14)10-13-9-23(2)22-17(13)18(19)25/h6-7,9,14,20H,4-5,8,10-11H2,1-3H3,(H2,19,25). The molecule has 0 aliphatic carbocycles. The first-order valence-corrected chi connectivity index (χ1v) is 8.74. The van der Waals surface area contributed by atoms with Gasteiger partial charge in [0.25, 0.3) is 5.91 Å². The molecule has 140 valence electrons. The maximum atomic E-state index is 11.5. The van der Waals surface area contributed by atoms with Crippen molar-refractivity contribution in [1.82, 2.24) is 25.0 Å². The molecule has 3 rings (SSSR count). The van der Waals surface area contributed by atoms with Crippen molar-refractivity contribution in [3.05, 3.63) is 41.0 Å². The number of amides is 1. The van der Waals surface area contributed by atoms with Crippen LogP contribution in [0.5, 0.6) is 5.75 Å². The zero-order valence-electron chi connectivity index (χ0n) is 15.5. The van der Waals surface area contributed by atoms with Crippen LogP contribution in [0.25, 0.3) is 0 Å². The Morgan fingerprint density at radius 1 is 1.46 bits per heavy atom. The number of likely N-dealkylation sites (tertiary alicyclic amines) is 1. The number of nitrogens with zero attached hydrogens (tertiary/aromatic N) is 4. The molecular weight excluding hydrogens is 332 g/mol. The van der Waals surface area contributed by atoms with Crippen LogP contribution >= 0.6 is 0 Å². The van der Waals surface area contributed by atoms with Crippen LogP contribution in [-0.2, 0) is 20.1 Å². The Hall–Kier alpha value is -2.45. The van der Waals surface area contributed by atoms with Crippen molar-refractivity contribution >= 4 is 5.91 Å². The molecular formula is C18H26N6O2. The van der Waals surface area contributed by atoms with Crippen LogP contribution in [0.15, 0.2) is 18.3 Å². The van der Waals surface area contributed by atoms with Crippen molar-refractivity contribution in [2.24, 2.45) is 12.8 Å². The fourth-order valence-electron chi connectivity index (χ4n) is 3.40. The lowest BCUT2D eigenvalue weighted by Gasteiger charge is -2.16. The maximum Gasteiger partial charge on any atom is 0.269 e.